The predicted octanol–water partition coefficient (Wildman–Crippen LogP) is 4.33. The zero-order chi connectivity index (χ0) is 22.2. The van der Waals surface area contributed by atoms with Crippen LogP contribution in [0.1, 0.15) is 33.4 Å². The molecular formula is C23H18N4O5. The average molecular weight is 430 g/mol. The van der Waals surface area contributed by atoms with Crippen LogP contribution in [0.3, 0.4) is 0 Å². The summed E-state index contributed by atoms with van der Waals surface area (Å²) in [6, 6.07) is 16.6. The first-order chi connectivity index (χ1) is 15.6. The topological polar surface area (TPSA) is 114 Å². The van der Waals surface area contributed by atoms with Gasteiger partial charge in [0.25, 0.3) is 11.6 Å². The minimum atomic E-state index is -0.571. The van der Waals surface area contributed by atoms with Crippen LogP contribution in [0.15, 0.2) is 71.3 Å². The number of furan rings is 1. The number of amides is 1. The van der Waals surface area contributed by atoms with Crippen molar-refractivity contribution in [2.45, 2.75) is 12.6 Å². The highest BCUT2D eigenvalue weighted by molar-refractivity contribution is 6.00. The summed E-state index contributed by atoms with van der Waals surface area (Å²) < 4.78 is 10.7. The molecule has 0 saturated carbocycles. The second-order valence-electron chi connectivity index (χ2n) is 7.36. The number of fused-ring (bicyclic) bond motifs is 1. The number of nitro groups is 1. The molecule has 4 aromatic rings. The van der Waals surface area contributed by atoms with E-state index in [0.29, 0.717) is 34.0 Å². The van der Waals surface area contributed by atoms with Crippen LogP contribution in [0.5, 0.6) is 5.75 Å². The van der Waals surface area contributed by atoms with Gasteiger partial charge < -0.3 is 14.1 Å². The zero-order valence-electron chi connectivity index (χ0n) is 17.0. The molecule has 9 nitrogen and oxygen atoms in total. The highest BCUT2D eigenvalue weighted by Crippen LogP contribution is 2.44. The Morgan fingerprint density at radius 1 is 1.19 bits per heavy atom. The molecule has 5 rings (SSSR count). The molecule has 1 aliphatic heterocycles. The Kier molecular flexibility index (Phi) is 4.70. The number of aromatic amines is 1. The smallest absolute Gasteiger partial charge is 0.273 e. The summed E-state index contributed by atoms with van der Waals surface area (Å²) >= 11 is 0. The van der Waals surface area contributed by atoms with Gasteiger partial charge in [0.05, 0.1) is 36.6 Å². The Morgan fingerprint density at radius 2 is 2.00 bits per heavy atom. The van der Waals surface area contributed by atoms with Crippen molar-refractivity contribution in [1.82, 2.24) is 15.1 Å². The van der Waals surface area contributed by atoms with Gasteiger partial charge in [0.15, 0.2) is 0 Å². The third-order valence-corrected chi connectivity index (χ3v) is 5.53. The number of aromatic nitrogens is 2. The van der Waals surface area contributed by atoms with Gasteiger partial charge in [-0.05, 0) is 42.0 Å². The number of carbonyl (C=O) groups excluding carboxylic acids is 1. The number of rotatable bonds is 6. The fraction of sp³-hybridized carbons (Fsp3) is 0.130. The van der Waals surface area contributed by atoms with E-state index in [0.717, 1.165) is 5.56 Å². The molecule has 3 heterocycles. The molecule has 0 radical (unpaired) electrons. The molecule has 9 heteroatoms. The molecule has 1 unspecified atom stereocenters. The van der Waals surface area contributed by atoms with Gasteiger partial charge in [0.1, 0.15) is 17.2 Å². The first-order valence-electron chi connectivity index (χ1n) is 9.87. The van der Waals surface area contributed by atoms with Crippen LogP contribution in [0.25, 0.3) is 11.3 Å². The monoisotopic (exact) mass is 430 g/mol. The molecule has 160 valence electrons. The minimum absolute atomic E-state index is 0.0455. The van der Waals surface area contributed by atoms with Crippen molar-refractivity contribution in [1.29, 1.82) is 0 Å². The van der Waals surface area contributed by atoms with Gasteiger partial charge in [-0.2, -0.15) is 5.10 Å². The van der Waals surface area contributed by atoms with E-state index in [-0.39, 0.29) is 18.1 Å². The van der Waals surface area contributed by atoms with E-state index in [9.17, 15) is 14.9 Å². The zero-order valence-corrected chi connectivity index (χ0v) is 17.0. The van der Waals surface area contributed by atoms with Crippen LogP contribution in [0.4, 0.5) is 5.69 Å². The number of hydrogen-bond donors (Lipinski definition) is 1. The minimum Gasteiger partial charge on any atom is -0.497 e. The number of ether oxygens (including phenoxy) is 1. The van der Waals surface area contributed by atoms with E-state index in [2.05, 4.69) is 10.2 Å². The highest BCUT2D eigenvalue weighted by atomic mass is 16.6. The number of nitro benzene ring substituents is 1. The third kappa shape index (κ3) is 3.20. The van der Waals surface area contributed by atoms with Crippen LogP contribution in [-0.4, -0.2) is 33.0 Å². The Labute approximate surface area is 182 Å². The fourth-order valence-electron chi connectivity index (χ4n) is 4.05. The van der Waals surface area contributed by atoms with Gasteiger partial charge >= 0.3 is 0 Å². The maximum atomic E-state index is 13.3. The maximum absolute atomic E-state index is 13.3. The molecule has 1 amide bonds. The van der Waals surface area contributed by atoms with Gasteiger partial charge in [-0.25, -0.2) is 0 Å². The van der Waals surface area contributed by atoms with E-state index in [1.165, 1.54) is 12.1 Å². The quantitative estimate of drug-likeness (QED) is 0.360. The van der Waals surface area contributed by atoms with Crippen molar-refractivity contribution < 1.29 is 18.9 Å². The lowest BCUT2D eigenvalue weighted by Gasteiger charge is -2.25. The maximum Gasteiger partial charge on any atom is 0.273 e. The van der Waals surface area contributed by atoms with E-state index in [4.69, 9.17) is 9.15 Å². The molecule has 0 fully saturated rings. The molecule has 1 N–H and O–H groups in total. The first-order valence-corrected chi connectivity index (χ1v) is 9.87. The van der Waals surface area contributed by atoms with Gasteiger partial charge in [-0.15, -0.1) is 0 Å². The average Bonchev–Trinajstić information content (AvgIpc) is 3.53. The number of nitrogens with one attached hydrogen (secondary N) is 1. The summed E-state index contributed by atoms with van der Waals surface area (Å²) in [4.78, 5) is 25.9. The number of carbonyl (C=O) groups is 1. The highest BCUT2D eigenvalue weighted by Gasteiger charge is 2.42. The molecule has 0 aliphatic carbocycles. The lowest BCUT2D eigenvalue weighted by atomic mass is 9.95. The molecule has 0 bridgehead atoms. The first kappa shape index (κ1) is 19.6. The van der Waals surface area contributed by atoms with Crippen LogP contribution in [-0.2, 0) is 6.54 Å². The number of nitrogens with zero attached hydrogens (tertiary/aromatic N) is 3. The largest absolute Gasteiger partial charge is 0.497 e. The van der Waals surface area contributed by atoms with Crippen molar-refractivity contribution in [2.75, 3.05) is 7.11 Å². The van der Waals surface area contributed by atoms with Gasteiger partial charge in [-0.1, -0.05) is 12.1 Å². The van der Waals surface area contributed by atoms with Crippen molar-refractivity contribution in [3.63, 3.8) is 0 Å². The number of methoxy groups -OCH3 is 1. The van der Waals surface area contributed by atoms with Gasteiger partial charge in [-0.3, -0.25) is 20.0 Å². The second kappa shape index (κ2) is 7.69. The molecule has 0 saturated heterocycles. The van der Waals surface area contributed by atoms with Crippen LogP contribution < -0.4 is 4.74 Å². The lowest BCUT2D eigenvalue weighted by Crippen LogP contribution is -2.29. The standard InChI is InChI=1S/C23H18N4O5/c1-31-17-9-7-14(8-10-17)20-19-21(25-24-20)23(28)26(13-18-6-3-11-32-18)22(19)15-4-2-5-16(12-15)27(29)30/h2-12,22H,13H2,1H3,(H,24,25). The molecule has 1 aliphatic rings. The Balaban J connectivity index is 1.65. The van der Waals surface area contributed by atoms with Crippen molar-refractivity contribution in [3.8, 4) is 17.0 Å². The summed E-state index contributed by atoms with van der Waals surface area (Å²) in [6.07, 6.45) is 1.54. The van der Waals surface area contributed by atoms with Crippen molar-refractivity contribution in [3.05, 3.63) is 99.6 Å². The summed E-state index contributed by atoms with van der Waals surface area (Å²) in [6.45, 7) is 0.212. The van der Waals surface area contributed by atoms with Crippen LogP contribution >= 0.6 is 0 Å². The summed E-state index contributed by atoms with van der Waals surface area (Å²) in [5, 5.41) is 18.7. The van der Waals surface area contributed by atoms with E-state index >= 15 is 0 Å². The summed E-state index contributed by atoms with van der Waals surface area (Å²) in [7, 11) is 1.59. The fourth-order valence-corrected chi connectivity index (χ4v) is 4.05. The Bertz CT molecular complexity index is 1290. The van der Waals surface area contributed by atoms with Crippen molar-refractivity contribution >= 4 is 11.6 Å². The molecular weight excluding hydrogens is 412 g/mol. The SMILES string of the molecule is COc1ccc(-c2n[nH]c3c2C(c2cccc([N+](=O)[O-])c2)N(Cc2ccco2)C3=O)cc1. The molecule has 32 heavy (non-hydrogen) atoms. The lowest BCUT2D eigenvalue weighted by molar-refractivity contribution is -0.384. The van der Waals surface area contributed by atoms with E-state index in [1.807, 2.05) is 24.3 Å². The van der Waals surface area contributed by atoms with Crippen LogP contribution in [0.2, 0.25) is 0 Å². The second-order valence-corrected chi connectivity index (χ2v) is 7.36. The summed E-state index contributed by atoms with van der Waals surface area (Å²) in [5.74, 6) is 1.06. The van der Waals surface area contributed by atoms with Gasteiger partial charge in [0, 0.05) is 23.3 Å². The molecule has 0 spiro atoms. The number of benzene rings is 2. The molecule has 2 aromatic carbocycles. The van der Waals surface area contributed by atoms with E-state index in [1.54, 1.807) is 42.5 Å². The molecule has 2 aromatic heterocycles. The van der Waals surface area contributed by atoms with E-state index < -0.39 is 11.0 Å². The Hall–Kier alpha value is -4.40. The van der Waals surface area contributed by atoms with Crippen LogP contribution in [0, 0.1) is 10.1 Å². The van der Waals surface area contributed by atoms with Crippen molar-refractivity contribution in [2.24, 2.45) is 0 Å². The predicted molar refractivity (Wildman–Crippen MR) is 114 cm³/mol. The number of hydrogen-bond acceptors (Lipinski definition) is 6. The number of non-ortho nitro benzene ring substituents is 1. The summed E-state index contributed by atoms with van der Waals surface area (Å²) in [5.41, 5.74) is 3.01. The third-order valence-electron chi connectivity index (χ3n) is 5.53. The Morgan fingerprint density at radius 3 is 2.69 bits per heavy atom. The normalized spacial score (nSPS) is 15.1. The molecule has 1 atom stereocenters. The van der Waals surface area contributed by atoms with Gasteiger partial charge in [0.2, 0.25) is 0 Å². The number of H-pyrrole nitrogens is 1.